The molecule has 0 spiro atoms. The maximum atomic E-state index is 5.41. The monoisotopic (exact) mass is 808 g/mol. The SMILES string of the molecule is c1ccc(-c2nc(-c3ccc(-c4cc5ccccc5c5c(-c6ccccc6)c(-c6ccccc6)nn45)cc3)cc(-c3cccc(-c4cccc5c4sc4ccccc45)c3)n2)cc1. The number of hydrogen-bond donors (Lipinski definition) is 0. The Balaban J connectivity index is 0.992. The fourth-order valence-electron chi connectivity index (χ4n) is 8.86. The van der Waals surface area contributed by atoms with Gasteiger partial charge in [0.05, 0.1) is 22.6 Å². The van der Waals surface area contributed by atoms with Gasteiger partial charge in [-0.3, -0.25) is 0 Å². The van der Waals surface area contributed by atoms with Gasteiger partial charge in [-0.2, -0.15) is 5.10 Å². The van der Waals surface area contributed by atoms with Crippen LogP contribution in [0.1, 0.15) is 0 Å². The molecule has 0 fully saturated rings. The van der Waals surface area contributed by atoms with Crippen molar-refractivity contribution >= 4 is 47.8 Å². The van der Waals surface area contributed by atoms with E-state index >= 15 is 0 Å². The second-order valence-corrected chi connectivity index (χ2v) is 16.7. The number of thiophene rings is 1. The molecule has 4 heterocycles. The minimum Gasteiger partial charge on any atom is -0.231 e. The summed E-state index contributed by atoms with van der Waals surface area (Å²) in [6, 6.07) is 77.2. The van der Waals surface area contributed by atoms with E-state index in [1.165, 1.54) is 25.7 Å². The molecule has 0 aliphatic heterocycles. The van der Waals surface area contributed by atoms with Gasteiger partial charge in [0.15, 0.2) is 5.82 Å². The smallest absolute Gasteiger partial charge is 0.160 e. The van der Waals surface area contributed by atoms with Crippen LogP contribution in [0.25, 0.3) is 115 Å². The highest BCUT2D eigenvalue weighted by molar-refractivity contribution is 7.26. The van der Waals surface area contributed by atoms with E-state index in [1.54, 1.807) is 0 Å². The molecule has 0 saturated heterocycles. The van der Waals surface area contributed by atoms with Crippen LogP contribution < -0.4 is 0 Å². The summed E-state index contributed by atoms with van der Waals surface area (Å²) < 4.78 is 4.74. The van der Waals surface area contributed by atoms with Gasteiger partial charge in [0.1, 0.15) is 5.69 Å². The van der Waals surface area contributed by atoms with Gasteiger partial charge in [0.2, 0.25) is 0 Å². The third-order valence-electron chi connectivity index (χ3n) is 11.8. The van der Waals surface area contributed by atoms with Crippen LogP contribution in [-0.4, -0.2) is 19.6 Å². The lowest BCUT2D eigenvalue weighted by Gasteiger charge is -2.12. The van der Waals surface area contributed by atoms with Crippen LogP contribution in [0.5, 0.6) is 0 Å². The second kappa shape index (κ2) is 14.9. The first-order chi connectivity index (χ1) is 30.7. The van der Waals surface area contributed by atoms with E-state index in [4.69, 9.17) is 15.1 Å². The summed E-state index contributed by atoms with van der Waals surface area (Å²) in [5.74, 6) is 0.689. The van der Waals surface area contributed by atoms with Crippen molar-refractivity contribution in [2.75, 3.05) is 0 Å². The molecule has 0 bridgehead atoms. The quantitative estimate of drug-likeness (QED) is 0.161. The molecule has 290 valence electrons. The molecule has 0 atom stereocenters. The largest absolute Gasteiger partial charge is 0.231 e. The van der Waals surface area contributed by atoms with E-state index in [0.717, 1.165) is 83.6 Å². The maximum Gasteiger partial charge on any atom is 0.160 e. The first-order valence-electron chi connectivity index (χ1n) is 20.9. The Bertz CT molecular complexity index is 3610. The predicted molar refractivity (Wildman–Crippen MR) is 259 cm³/mol. The zero-order chi connectivity index (χ0) is 41.0. The van der Waals surface area contributed by atoms with Crippen molar-refractivity contribution < 1.29 is 0 Å². The molecule has 12 rings (SSSR count). The number of fused-ring (bicyclic) bond motifs is 6. The Morgan fingerprint density at radius 2 is 0.968 bits per heavy atom. The van der Waals surface area contributed by atoms with E-state index in [2.05, 4.69) is 205 Å². The Labute approximate surface area is 362 Å². The van der Waals surface area contributed by atoms with Crippen LogP contribution in [0.15, 0.2) is 218 Å². The van der Waals surface area contributed by atoms with E-state index in [9.17, 15) is 0 Å². The normalized spacial score (nSPS) is 11.5. The average molecular weight is 809 g/mol. The lowest BCUT2D eigenvalue weighted by molar-refractivity contribution is 0.979. The minimum atomic E-state index is 0.689. The average Bonchev–Trinajstić information content (AvgIpc) is 3.95. The molecular formula is C57H36N4S. The van der Waals surface area contributed by atoms with Gasteiger partial charge in [0, 0.05) is 58.9 Å². The van der Waals surface area contributed by atoms with Crippen LogP contribution in [0.4, 0.5) is 0 Å². The topological polar surface area (TPSA) is 43.1 Å². The molecule has 0 radical (unpaired) electrons. The van der Waals surface area contributed by atoms with Crippen molar-refractivity contribution in [1.29, 1.82) is 0 Å². The van der Waals surface area contributed by atoms with Crippen LogP contribution in [0.3, 0.4) is 0 Å². The fraction of sp³-hybridized carbons (Fsp3) is 0. The standard InChI is InChI=1S/C57H36N4S/c1-4-16-39(17-5-1)53-54(40-18-6-2-7-19-40)60-61-51(35-43-22-10-11-25-45(43)55(53)61)38-32-30-37(31-33-38)49-36-50(59-57(58-49)41-20-8-3-9-21-41)44-24-14-23-42(34-44)46-27-15-28-48-47-26-12-13-29-52(47)62-56(46)48/h1-36H. The van der Waals surface area contributed by atoms with E-state index < -0.39 is 0 Å². The van der Waals surface area contributed by atoms with Crippen molar-refractivity contribution in [2.45, 2.75) is 0 Å². The number of benzene rings is 8. The van der Waals surface area contributed by atoms with Gasteiger partial charge in [-0.15, -0.1) is 11.3 Å². The van der Waals surface area contributed by atoms with Crippen molar-refractivity contribution in [3.63, 3.8) is 0 Å². The first kappa shape index (κ1) is 35.9. The summed E-state index contributed by atoms with van der Waals surface area (Å²) in [7, 11) is 0. The van der Waals surface area contributed by atoms with Gasteiger partial charge in [-0.25, -0.2) is 14.5 Å². The van der Waals surface area contributed by atoms with E-state index in [1.807, 2.05) is 29.5 Å². The number of rotatable bonds is 7. The number of hydrogen-bond acceptors (Lipinski definition) is 4. The lowest BCUT2D eigenvalue weighted by Crippen LogP contribution is -1.97. The van der Waals surface area contributed by atoms with Gasteiger partial charge >= 0.3 is 0 Å². The predicted octanol–water partition coefficient (Wildman–Crippen LogP) is 15.3. The highest BCUT2D eigenvalue weighted by atomic mass is 32.1. The van der Waals surface area contributed by atoms with Crippen LogP contribution in [-0.2, 0) is 0 Å². The molecule has 12 aromatic rings. The Kier molecular flexibility index (Phi) is 8.65. The van der Waals surface area contributed by atoms with Crippen molar-refractivity contribution in [1.82, 2.24) is 19.6 Å². The zero-order valence-electron chi connectivity index (χ0n) is 33.5. The van der Waals surface area contributed by atoms with E-state index in [-0.39, 0.29) is 0 Å². The molecule has 4 nitrogen and oxygen atoms in total. The van der Waals surface area contributed by atoms with Gasteiger partial charge in [-0.1, -0.05) is 194 Å². The van der Waals surface area contributed by atoms with Gasteiger partial charge in [0.25, 0.3) is 0 Å². The molecule has 4 aromatic heterocycles. The highest BCUT2D eigenvalue weighted by Crippen LogP contribution is 2.43. The Morgan fingerprint density at radius 3 is 1.74 bits per heavy atom. The molecule has 0 aliphatic carbocycles. The molecule has 0 unspecified atom stereocenters. The molecule has 62 heavy (non-hydrogen) atoms. The second-order valence-electron chi connectivity index (χ2n) is 15.6. The van der Waals surface area contributed by atoms with E-state index in [0.29, 0.717) is 5.82 Å². The third-order valence-corrected chi connectivity index (χ3v) is 13.1. The Hall–Kier alpha value is -7.99. The molecular weight excluding hydrogens is 773 g/mol. The summed E-state index contributed by atoms with van der Waals surface area (Å²) in [5.41, 5.74) is 14.6. The lowest BCUT2D eigenvalue weighted by atomic mass is 9.96. The number of nitrogens with zero attached hydrogens (tertiary/aromatic N) is 4. The molecule has 0 saturated carbocycles. The van der Waals surface area contributed by atoms with Gasteiger partial charge in [-0.05, 0) is 46.3 Å². The van der Waals surface area contributed by atoms with Crippen molar-refractivity contribution in [3.8, 4) is 78.7 Å². The number of pyridine rings is 1. The van der Waals surface area contributed by atoms with Crippen LogP contribution in [0.2, 0.25) is 0 Å². The molecule has 8 aromatic carbocycles. The molecule has 0 amide bonds. The van der Waals surface area contributed by atoms with Gasteiger partial charge < -0.3 is 0 Å². The molecule has 0 N–H and O–H groups in total. The number of aromatic nitrogens is 4. The Morgan fingerprint density at radius 1 is 0.387 bits per heavy atom. The summed E-state index contributed by atoms with van der Waals surface area (Å²) in [5, 5.41) is 10.3. The highest BCUT2D eigenvalue weighted by Gasteiger charge is 2.22. The fourth-order valence-corrected chi connectivity index (χ4v) is 10.1. The summed E-state index contributed by atoms with van der Waals surface area (Å²) in [6.45, 7) is 0. The summed E-state index contributed by atoms with van der Waals surface area (Å²) in [6.07, 6.45) is 0. The maximum absolute atomic E-state index is 5.41. The summed E-state index contributed by atoms with van der Waals surface area (Å²) in [4.78, 5) is 10.4. The first-order valence-corrected chi connectivity index (χ1v) is 21.7. The van der Waals surface area contributed by atoms with Crippen molar-refractivity contribution in [3.05, 3.63) is 218 Å². The minimum absolute atomic E-state index is 0.689. The van der Waals surface area contributed by atoms with Crippen LogP contribution >= 0.6 is 11.3 Å². The summed E-state index contributed by atoms with van der Waals surface area (Å²) >= 11 is 1.85. The third kappa shape index (κ3) is 6.18. The van der Waals surface area contributed by atoms with Crippen molar-refractivity contribution in [2.24, 2.45) is 0 Å². The molecule has 5 heteroatoms. The van der Waals surface area contributed by atoms with Crippen LogP contribution in [0, 0.1) is 0 Å². The molecule has 0 aliphatic rings. The zero-order valence-corrected chi connectivity index (χ0v) is 34.3.